The van der Waals surface area contributed by atoms with Crippen LogP contribution in [0.5, 0.6) is 0 Å². The van der Waals surface area contributed by atoms with Gasteiger partial charge in [0, 0.05) is 10.7 Å². The lowest BCUT2D eigenvalue weighted by atomic mass is 10.4. The number of nitrogens with one attached hydrogen (secondary N) is 1. The monoisotopic (exact) mass is 211 g/mol. The third kappa shape index (κ3) is 1.63. The average Bonchev–Trinajstić information content (AvgIpc) is 2.50. The van der Waals surface area contributed by atoms with E-state index in [-0.39, 0.29) is 0 Å². The Bertz CT molecular complexity index is 359. The van der Waals surface area contributed by atoms with Crippen LogP contribution in [0.3, 0.4) is 0 Å². The van der Waals surface area contributed by atoms with Gasteiger partial charge in [0.1, 0.15) is 0 Å². The zero-order chi connectivity index (χ0) is 8.27. The SMILES string of the molecule is C=C/C(Br)=c1/[nH]cc/c1=C/C. The minimum absolute atomic E-state index is 0.996. The van der Waals surface area contributed by atoms with Crippen LogP contribution >= 0.6 is 15.9 Å². The highest BCUT2D eigenvalue weighted by molar-refractivity contribution is 9.15. The molecule has 0 unspecified atom stereocenters. The quantitative estimate of drug-likeness (QED) is 0.726. The summed E-state index contributed by atoms with van der Waals surface area (Å²) in [5.74, 6) is 0. The van der Waals surface area contributed by atoms with Crippen LogP contribution in [0.15, 0.2) is 24.9 Å². The van der Waals surface area contributed by atoms with Crippen molar-refractivity contribution < 1.29 is 0 Å². The Kier molecular flexibility index (Phi) is 2.71. The number of H-pyrrole nitrogens is 1. The molecule has 0 aliphatic carbocycles. The number of aromatic nitrogens is 1. The van der Waals surface area contributed by atoms with Crippen LogP contribution in [0, 0.1) is 0 Å². The Morgan fingerprint density at radius 1 is 1.73 bits per heavy atom. The summed E-state index contributed by atoms with van der Waals surface area (Å²) in [6.45, 7) is 5.68. The molecule has 1 aromatic heterocycles. The summed E-state index contributed by atoms with van der Waals surface area (Å²) in [6.07, 6.45) is 5.74. The van der Waals surface area contributed by atoms with Crippen LogP contribution < -0.4 is 10.6 Å². The maximum absolute atomic E-state index is 3.67. The molecule has 1 heterocycles. The smallest absolute Gasteiger partial charge is 0.0594 e. The van der Waals surface area contributed by atoms with Crippen molar-refractivity contribution in [3.63, 3.8) is 0 Å². The minimum atomic E-state index is 0.996. The van der Waals surface area contributed by atoms with Gasteiger partial charge >= 0.3 is 0 Å². The molecule has 0 spiro atoms. The van der Waals surface area contributed by atoms with Gasteiger partial charge in [-0.1, -0.05) is 18.7 Å². The van der Waals surface area contributed by atoms with Crippen LogP contribution in [0.1, 0.15) is 6.92 Å². The van der Waals surface area contributed by atoms with Crippen molar-refractivity contribution in [3.05, 3.63) is 35.5 Å². The molecule has 0 bridgehead atoms. The second-order valence-corrected chi connectivity index (χ2v) is 3.00. The maximum Gasteiger partial charge on any atom is 0.0594 e. The lowest BCUT2D eigenvalue weighted by molar-refractivity contribution is 1.31. The molecule has 0 atom stereocenters. The van der Waals surface area contributed by atoms with Gasteiger partial charge in [0.05, 0.1) is 5.35 Å². The van der Waals surface area contributed by atoms with Gasteiger partial charge < -0.3 is 4.98 Å². The van der Waals surface area contributed by atoms with E-state index in [1.54, 1.807) is 6.08 Å². The largest absolute Gasteiger partial charge is 0.360 e. The van der Waals surface area contributed by atoms with E-state index in [4.69, 9.17) is 0 Å². The van der Waals surface area contributed by atoms with E-state index in [9.17, 15) is 0 Å². The van der Waals surface area contributed by atoms with Crippen LogP contribution in [0.2, 0.25) is 0 Å². The molecule has 2 heteroatoms. The fourth-order valence-electron chi connectivity index (χ4n) is 0.931. The van der Waals surface area contributed by atoms with Crippen molar-refractivity contribution >= 4 is 26.5 Å². The number of hydrogen-bond donors (Lipinski definition) is 1. The Hall–Kier alpha value is -0.760. The van der Waals surface area contributed by atoms with Crippen molar-refractivity contribution in [3.8, 4) is 0 Å². The Morgan fingerprint density at radius 2 is 2.45 bits per heavy atom. The molecule has 0 radical (unpaired) electrons. The van der Waals surface area contributed by atoms with E-state index in [2.05, 4.69) is 33.6 Å². The van der Waals surface area contributed by atoms with Gasteiger partial charge in [-0.05, 0) is 34.1 Å². The second kappa shape index (κ2) is 3.58. The molecule has 1 rings (SSSR count). The van der Waals surface area contributed by atoms with E-state index in [0.717, 1.165) is 9.83 Å². The summed E-state index contributed by atoms with van der Waals surface area (Å²) in [5, 5.41) is 2.28. The van der Waals surface area contributed by atoms with Crippen molar-refractivity contribution in [2.75, 3.05) is 0 Å². The third-order valence-corrected chi connectivity index (χ3v) is 2.23. The fraction of sp³-hybridized carbons (Fsp3) is 0.111. The predicted octanol–water partition coefficient (Wildman–Crippen LogP) is 1.50. The molecule has 1 N–H and O–H groups in total. The highest BCUT2D eigenvalue weighted by Gasteiger charge is 1.88. The summed E-state index contributed by atoms with van der Waals surface area (Å²) in [4.78, 5) is 3.12. The predicted molar refractivity (Wildman–Crippen MR) is 52.7 cm³/mol. The Balaban J connectivity index is 3.58. The first kappa shape index (κ1) is 8.34. The molecule has 11 heavy (non-hydrogen) atoms. The van der Waals surface area contributed by atoms with Crippen molar-refractivity contribution in [1.29, 1.82) is 0 Å². The molecule has 58 valence electrons. The summed E-state index contributed by atoms with van der Waals surface area (Å²) >= 11 is 3.40. The van der Waals surface area contributed by atoms with Crippen LogP contribution in [-0.2, 0) is 0 Å². The van der Waals surface area contributed by atoms with Gasteiger partial charge in [0.15, 0.2) is 0 Å². The molecular formula is C9H10BrN. The molecule has 0 saturated heterocycles. The first-order valence-corrected chi connectivity index (χ1v) is 4.21. The van der Waals surface area contributed by atoms with Crippen molar-refractivity contribution in [1.82, 2.24) is 4.98 Å². The third-order valence-electron chi connectivity index (χ3n) is 1.51. The summed E-state index contributed by atoms with van der Waals surface area (Å²) in [7, 11) is 0. The number of halogens is 1. The van der Waals surface area contributed by atoms with Crippen LogP contribution in [0.25, 0.3) is 10.6 Å². The lowest BCUT2D eigenvalue weighted by Crippen LogP contribution is -2.22. The van der Waals surface area contributed by atoms with E-state index in [0.29, 0.717) is 0 Å². The lowest BCUT2D eigenvalue weighted by Gasteiger charge is -1.83. The molecule has 0 aliphatic rings. The van der Waals surface area contributed by atoms with Crippen molar-refractivity contribution in [2.45, 2.75) is 6.92 Å². The molecule has 1 aromatic rings. The minimum Gasteiger partial charge on any atom is -0.360 e. The standard InChI is InChI=1S/C9H10BrN/c1-3-7-5-6-11-9(7)8(10)4-2/h3-6,11H,2H2,1H3/b7-3-,9-8-. The average molecular weight is 212 g/mol. The molecular weight excluding hydrogens is 202 g/mol. The van der Waals surface area contributed by atoms with E-state index in [1.165, 1.54) is 5.22 Å². The first-order valence-electron chi connectivity index (χ1n) is 3.41. The molecule has 0 saturated carbocycles. The van der Waals surface area contributed by atoms with E-state index >= 15 is 0 Å². The zero-order valence-corrected chi connectivity index (χ0v) is 7.98. The molecule has 0 fully saturated rings. The van der Waals surface area contributed by atoms with Gasteiger partial charge in [-0.2, -0.15) is 0 Å². The highest BCUT2D eigenvalue weighted by atomic mass is 79.9. The van der Waals surface area contributed by atoms with Gasteiger partial charge in [-0.3, -0.25) is 0 Å². The van der Waals surface area contributed by atoms with Crippen LogP contribution in [-0.4, -0.2) is 4.98 Å². The van der Waals surface area contributed by atoms with Gasteiger partial charge in [0.25, 0.3) is 0 Å². The van der Waals surface area contributed by atoms with Crippen LogP contribution in [0.4, 0.5) is 0 Å². The molecule has 0 amide bonds. The summed E-state index contributed by atoms with van der Waals surface area (Å²) in [5.41, 5.74) is 0. The highest BCUT2D eigenvalue weighted by Crippen LogP contribution is 2.01. The van der Waals surface area contributed by atoms with Crippen molar-refractivity contribution in [2.24, 2.45) is 0 Å². The Labute approximate surface area is 74.3 Å². The van der Waals surface area contributed by atoms with Gasteiger partial charge in [-0.25, -0.2) is 0 Å². The summed E-state index contributed by atoms with van der Waals surface area (Å²) < 4.78 is 0.996. The van der Waals surface area contributed by atoms with E-state index in [1.807, 2.05) is 19.2 Å². The molecule has 1 nitrogen and oxygen atoms in total. The first-order chi connectivity index (χ1) is 5.29. The number of allylic oxidation sites excluding steroid dienone is 1. The summed E-state index contributed by atoms with van der Waals surface area (Å²) in [6, 6.07) is 2.03. The fourth-order valence-corrected chi connectivity index (χ4v) is 1.27. The van der Waals surface area contributed by atoms with E-state index < -0.39 is 0 Å². The number of hydrogen-bond acceptors (Lipinski definition) is 0. The van der Waals surface area contributed by atoms with Gasteiger partial charge in [-0.15, -0.1) is 0 Å². The normalized spacial score (nSPS) is 14.9. The Morgan fingerprint density at radius 3 is 3.00 bits per heavy atom. The topological polar surface area (TPSA) is 15.8 Å². The maximum atomic E-state index is 3.67. The molecule has 0 aromatic carbocycles. The number of rotatable bonds is 1. The zero-order valence-electron chi connectivity index (χ0n) is 6.39. The van der Waals surface area contributed by atoms with Gasteiger partial charge in [0.2, 0.25) is 0 Å². The molecule has 0 aliphatic heterocycles. The number of aromatic amines is 1. The second-order valence-electron chi connectivity index (χ2n) is 2.15.